The number of methoxy groups -OCH3 is 2. The fraction of sp³-hybridized carbons (Fsp3) is 0.741. The second-order valence-electron chi connectivity index (χ2n) is 9.29. The summed E-state index contributed by atoms with van der Waals surface area (Å²) in [5.41, 5.74) is 0.609. The molecule has 7 heteroatoms. The van der Waals surface area contributed by atoms with Crippen molar-refractivity contribution in [2.75, 3.05) is 60.7 Å². The lowest BCUT2D eigenvalue weighted by atomic mass is 10.1. The summed E-state index contributed by atoms with van der Waals surface area (Å²) in [6.07, 6.45) is 2.16. The summed E-state index contributed by atoms with van der Waals surface area (Å²) in [7, 11) is 5.22. The van der Waals surface area contributed by atoms with Gasteiger partial charge in [-0.3, -0.25) is 4.79 Å². The molecule has 1 saturated heterocycles. The van der Waals surface area contributed by atoms with Crippen molar-refractivity contribution >= 4 is 5.91 Å². The summed E-state index contributed by atoms with van der Waals surface area (Å²) in [6, 6.07) is 5.45. The van der Waals surface area contributed by atoms with E-state index in [4.69, 9.17) is 14.2 Å². The maximum absolute atomic E-state index is 12.6. The number of benzene rings is 1. The van der Waals surface area contributed by atoms with Gasteiger partial charge in [-0.05, 0) is 83.9 Å². The van der Waals surface area contributed by atoms with E-state index in [1.165, 1.54) is 19.5 Å². The van der Waals surface area contributed by atoms with Gasteiger partial charge in [-0.1, -0.05) is 20.8 Å². The Bertz CT molecular complexity index is 647. The first kappa shape index (κ1) is 32.2. The lowest BCUT2D eigenvalue weighted by Crippen LogP contribution is -2.36. The molecule has 34 heavy (non-hydrogen) atoms. The van der Waals surface area contributed by atoms with Crippen LogP contribution in [0.3, 0.4) is 0 Å². The van der Waals surface area contributed by atoms with Gasteiger partial charge >= 0.3 is 0 Å². The van der Waals surface area contributed by atoms with Crippen LogP contribution in [0.2, 0.25) is 0 Å². The highest BCUT2D eigenvalue weighted by molar-refractivity contribution is 5.95. The van der Waals surface area contributed by atoms with Crippen molar-refractivity contribution in [1.82, 2.24) is 15.5 Å². The highest BCUT2D eigenvalue weighted by atomic mass is 16.5. The van der Waals surface area contributed by atoms with E-state index in [9.17, 15) is 4.79 Å². The number of rotatable bonds is 11. The molecular formula is C27H51N3O4. The summed E-state index contributed by atoms with van der Waals surface area (Å²) in [5, 5.41) is 6.34. The number of nitrogens with one attached hydrogen (secondary N) is 2. The average Bonchev–Trinajstić information content (AvgIpc) is 3.28. The van der Waals surface area contributed by atoms with E-state index in [1.807, 2.05) is 32.7 Å². The zero-order chi connectivity index (χ0) is 25.9. The topological polar surface area (TPSA) is 72.1 Å². The molecule has 1 aromatic rings. The Kier molecular flexibility index (Phi) is 18.4. The number of amides is 1. The largest absolute Gasteiger partial charge is 0.493 e. The first-order valence-corrected chi connectivity index (χ1v) is 12.7. The van der Waals surface area contributed by atoms with Crippen LogP contribution < -0.4 is 20.1 Å². The van der Waals surface area contributed by atoms with Crippen LogP contribution in [0, 0.1) is 11.8 Å². The van der Waals surface area contributed by atoms with E-state index in [2.05, 4.69) is 31.4 Å². The Morgan fingerprint density at radius 3 is 2.26 bits per heavy atom. The predicted octanol–water partition coefficient (Wildman–Crippen LogP) is 4.46. The SMILES string of the molecule is CC1CCNC1.CCN(C(=O)c1ccc(OC)c(OCCCOC)c1)C(C)C.CNCC(C)C. The highest BCUT2D eigenvalue weighted by Gasteiger charge is 2.19. The molecule has 1 atom stereocenters. The zero-order valence-electron chi connectivity index (χ0n) is 23.2. The number of ether oxygens (including phenoxy) is 3. The Morgan fingerprint density at radius 1 is 1.18 bits per heavy atom. The van der Waals surface area contributed by atoms with Crippen molar-refractivity contribution in [3.05, 3.63) is 23.8 Å². The molecule has 0 spiro atoms. The van der Waals surface area contributed by atoms with Crippen LogP contribution in [-0.4, -0.2) is 77.5 Å². The van der Waals surface area contributed by atoms with Crippen molar-refractivity contribution in [2.45, 2.75) is 60.4 Å². The molecule has 1 heterocycles. The fourth-order valence-electron chi connectivity index (χ4n) is 3.42. The molecule has 0 aliphatic carbocycles. The lowest BCUT2D eigenvalue weighted by Gasteiger charge is -2.25. The van der Waals surface area contributed by atoms with Gasteiger partial charge in [0.25, 0.3) is 5.91 Å². The monoisotopic (exact) mass is 481 g/mol. The minimum absolute atomic E-state index is 0.00175. The second-order valence-corrected chi connectivity index (χ2v) is 9.29. The number of hydrogen-bond acceptors (Lipinski definition) is 6. The third-order valence-corrected chi connectivity index (χ3v) is 5.30. The van der Waals surface area contributed by atoms with Crippen LogP contribution >= 0.6 is 0 Å². The van der Waals surface area contributed by atoms with Gasteiger partial charge in [0.1, 0.15) is 0 Å². The van der Waals surface area contributed by atoms with Crippen LogP contribution in [0.25, 0.3) is 0 Å². The normalized spacial score (nSPS) is 14.7. The minimum atomic E-state index is 0.00175. The Hall–Kier alpha value is -1.83. The van der Waals surface area contributed by atoms with Gasteiger partial charge in [0, 0.05) is 38.3 Å². The number of nitrogens with zero attached hydrogens (tertiary/aromatic N) is 1. The Labute approximate surface area is 208 Å². The molecule has 1 aliphatic rings. The van der Waals surface area contributed by atoms with Crippen LogP contribution in [0.1, 0.15) is 64.7 Å². The maximum atomic E-state index is 12.6. The van der Waals surface area contributed by atoms with Crippen molar-refractivity contribution < 1.29 is 19.0 Å². The quantitative estimate of drug-likeness (QED) is 0.455. The first-order valence-electron chi connectivity index (χ1n) is 12.7. The van der Waals surface area contributed by atoms with Crippen LogP contribution in [0.5, 0.6) is 11.5 Å². The smallest absolute Gasteiger partial charge is 0.254 e. The van der Waals surface area contributed by atoms with E-state index in [0.29, 0.717) is 36.8 Å². The average molecular weight is 482 g/mol. The number of carbonyl (C=O) groups excluding carboxylic acids is 1. The summed E-state index contributed by atoms with van der Waals surface area (Å²) in [5.74, 6) is 2.94. The van der Waals surface area contributed by atoms with Gasteiger partial charge in [-0.2, -0.15) is 0 Å². The molecule has 2 N–H and O–H groups in total. The van der Waals surface area contributed by atoms with E-state index in [1.54, 1.807) is 32.4 Å². The van der Waals surface area contributed by atoms with Crippen molar-refractivity contribution in [2.24, 2.45) is 11.8 Å². The summed E-state index contributed by atoms with van der Waals surface area (Å²) >= 11 is 0. The van der Waals surface area contributed by atoms with Gasteiger partial charge in [-0.25, -0.2) is 0 Å². The molecule has 1 aromatic carbocycles. The Balaban J connectivity index is 0.000000735. The first-order chi connectivity index (χ1) is 16.2. The zero-order valence-corrected chi connectivity index (χ0v) is 23.2. The molecule has 1 aliphatic heterocycles. The minimum Gasteiger partial charge on any atom is -0.493 e. The highest BCUT2D eigenvalue weighted by Crippen LogP contribution is 2.29. The van der Waals surface area contributed by atoms with Gasteiger partial charge in [0.2, 0.25) is 0 Å². The van der Waals surface area contributed by atoms with Crippen LogP contribution in [-0.2, 0) is 4.74 Å². The number of hydrogen-bond donors (Lipinski definition) is 2. The van der Waals surface area contributed by atoms with Gasteiger partial charge in [0.15, 0.2) is 11.5 Å². The van der Waals surface area contributed by atoms with Gasteiger partial charge < -0.3 is 29.7 Å². The van der Waals surface area contributed by atoms with Crippen molar-refractivity contribution in [1.29, 1.82) is 0 Å². The third kappa shape index (κ3) is 13.8. The van der Waals surface area contributed by atoms with Crippen LogP contribution in [0.4, 0.5) is 0 Å². The second kappa shape index (κ2) is 19.5. The molecule has 1 unspecified atom stereocenters. The molecule has 7 nitrogen and oxygen atoms in total. The van der Waals surface area contributed by atoms with Crippen molar-refractivity contribution in [3.8, 4) is 11.5 Å². The summed E-state index contributed by atoms with van der Waals surface area (Å²) in [6.45, 7) is 18.1. The molecule has 198 valence electrons. The summed E-state index contributed by atoms with van der Waals surface area (Å²) < 4.78 is 16.0. The standard InChI is InChI=1S/C17H27NO4.C5H11N.C5H13N/c1-6-18(13(2)3)17(19)14-8-9-15(21-5)16(12-14)22-11-7-10-20-4;1-5-2-3-6-4-5;1-5(2)4-6-3/h8-9,12-13H,6-7,10-11H2,1-5H3;5-6H,2-4H2,1H3;5-6H,4H2,1-3H3. The van der Waals surface area contributed by atoms with E-state index >= 15 is 0 Å². The van der Waals surface area contributed by atoms with E-state index in [-0.39, 0.29) is 11.9 Å². The Morgan fingerprint density at radius 2 is 1.88 bits per heavy atom. The maximum Gasteiger partial charge on any atom is 0.254 e. The molecule has 0 saturated carbocycles. The molecule has 0 aromatic heterocycles. The third-order valence-electron chi connectivity index (χ3n) is 5.30. The fourth-order valence-corrected chi connectivity index (χ4v) is 3.42. The predicted molar refractivity (Wildman–Crippen MR) is 142 cm³/mol. The summed E-state index contributed by atoms with van der Waals surface area (Å²) in [4.78, 5) is 14.4. The lowest BCUT2D eigenvalue weighted by molar-refractivity contribution is 0.0716. The van der Waals surface area contributed by atoms with Crippen LogP contribution in [0.15, 0.2) is 18.2 Å². The van der Waals surface area contributed by atoms with Gasteiger partial charge in [0.05, 0.1) is 13.7 Å². The van der Waals surface area contributed by atoms with Gasteiger partial charge in [-0.15, -0.1) is 0 Å². The molecule has 1 fully saturated rings. The molecule has 2 rings (SSSR count). The molecular weight excluding hydrogens is 430 g/mol. The molecule has 1 amide bonds. The van der Waals surface area contributed by atoms with E-state index < -0.39 is 0 Å². The molecule has 0 bridgehead atoms. The van der Waals surface area contributed by atoms with E-state index in [0.717, 1.165) is 24.8 Å². The molecule has 0 radical (unpaired) electrons. The van der Waals surface area contributed by atoms with Crippen molar-refractivity contribution in [3.63, 3.8) is 0 Å². The number of carbonyl (C=O) groups is 1.